The van der Waals surface area contributed by atoms with E-state index in [1.165, 1.54) is 11.1 Å². The highest BCUT2D eigenvalue weighted by Crippen LogP contribution is 2.29. The van der Waals surface area contributed by atoms with E-state index < -0.39 is 0 Å². The van der Waals surface area contributed by atoms with Gasteiger partial charge in [-0.3, -0.25) is 0 Å². The molecule has 0 aliphatic rings. The number of nitrogens with two attached hydrogens (primary N) is 1. The summed E-state index contributed by atoms with van der Waals surface area (Å²) in [5.74, 6) is 0.873. The molecular formula is C14H16BrNOS. The number of halogens is 1. The van der Waals surface area contributed by atoms with Crippen LogP contribution >= 0.6 is 27.3 Å². The van der Waals surface area contributed by atoms with Crippen molar-refractivity contribution < 1.29 is 4.74 Å². The normalized spacial score (nSPS) is 12.4. The molecule has 96 valence electrons. The molecule has 0 spiro atoms. The fraction of sp³-hybridized carbons (Fsp3) is 0.286. The fourth-order valence-electron chi connectivity index (χ4n) is 1.67. The molecule has 1 atom stereocenters. The summed E-state index contributed by atoms with van der Waals surface area (Å²) >= 11 is 5.11. The Bertz CT molecular complexity index is 538. The van der Waals surface area contributed by atoms with Crippen molar-refractivity contribution >= 4 is 27.3 Å². The quantitative estimate of drug-likeness (QED) is 0.914. The number of benzene rings is 1. The fourth-order valence-corrected chi connectivity index (χ4v) is 3.16. The zero-order chi connectivity index (χ0) is 13.1. The lowest BCUT2D eigenvalue weighted by atomic mass is 10.1. The highest BCUT2D eigenvalue weighted by atomic mass is 79.9. The molecule has 1 unspecified atom stereocenters. The lowest BCUT2D eigenvalue weighted by Crippen LogP contribution is -2.17. The Morgan fingerprint density at radius 3 is 2.61 bits per heavy atom. The van der Waals surface area contributed by atoms with Crippen molar-refractivity contribution in [3.05, 3.63) is 50.1 Å². The van der Waals surface area contributed by atoms with E-state index in [0.29, 0.717) is 6.54 Å². The molecule has 2 rings (SSSR count). The van der Waals surface area contributed by atoms with Crippen LogP contribution in [-0.4, -0.2) is 6.54 Å². The van der Waals surface area contributed by atoms with Crippen molar-refractivity contribution in [3.63, 3.8) is 0 Å². The summed E-state index contributed by atoms with van der Waals surface area (Å²) < 4.78 is 7.04. The van der Waals surface area contributed by atoms with Gasteiger partial charge in [0.25, 0.3) is 0 Å². The van der Waals surface area contributed by atoms with E-state index in [1.54, 1.807) is 11.3 Å². The van der Waals surface area contributed by atoms with Gasteiger partial charge in [0.1, 0.15) is 11.9 Å². The third kappa shape index (κ3) is 3.13. The average Bonchev–Trinajstić information content (AvgIpc) is 2.77. The highest BCUT2D eigenvalue weighted by molar-refractivity contribution is 9.10. The Labute approximate surface area is 120 Å². The van der Waals surface area contributed by atoms with Gasteiger partial charge < -0.3 is 10.5 Å². The second-order valence-corrected chi connectivity index (χ2v) is 6.11. The number of ether oxygens (including phenoxy) is 1. The lowest BCUT2D eigenvalue weighted by molar-refractivity contribution is 0.218. The van der Waals surface area contributed by atoms with Gasteiger partial charge in [0.05, 0.1) is 0 Å². The van der Waals surface area contributed by atoms with E-state index in [9.17, 15) is 0 Å². The van der Waals surface area contributed by atoms with Crippen molar-refractivity contribution in [1.29, 1.82) is 0 Å². The average molecular weight is 326 g/mol. The van der Waals surface area contributed by atoms with Gasteiger partial charge in [0.2, 0.25) is 0 Å². The molecule has 1 aromatic carbocycles. The molecule has 0 amide bonds. The minimum Gasteiger partial charge on any atom is -0.484 e. The third-order valence-electron chi connectivity index (χ3n) is 2.88. The monoisotopic (exact) mass is 325 g/mol. The minimum atomic E-state index is -0.0802. The van der Waals surface area contributed by atoms with E-state index in [2.05, 4.69) is 48.0 Å². The standard InChI is InChI=1S/C14H16BrNOS/c1-9-3-4-12(5-10(9)2)17-13(7-16)14-6-11(15)8-18-14/h3-6,8,13H,7,16H2,1-2H3. The zero-order valence-corrected chi connectivity index (χ0v) is 12.8. The molecule has 0 saturated carbocycles. The van der Waals surface area contributed by atoms with Crippen molar-refractivity contribution in [1.82, 2.24) is 0 Å². The van der Waals surface area contributed by atoms with Crippen LogP contribution in [0.5, 0.6) is 5.75 Å². The van der Waals surface area contributed by atoms with Crippen molar-refractivity contribution in [2.24, 2.45) is 5.73 Å². The van der Waals surface area contributed by atoms with Gasteiger partial charge in [-0.1, -0.05) is 6.07 Å². The predicted molar refractivity (Wildman–Crippen MR) is 80.4 cm³/mol. The molecule has 0 saturated heterocycles. The summed E-state index contributed by atoms with van der Waals surface area (Å²) in [5.41, 5.74) is 8.30. The van der Waals surface area contributed by atoms with Gasteiger partial charge in [-0.05, 0) is 59.1 Å². The summed E-state index contributed by atoms with van der Waals surface area (Å²) in [5, 5.41) is 2.04. The molecule has 0 bridgehead atoms. The van der Waals surface area contributed by atoms with Gasteiger partial charge in [0, 0.05) is 21.3 Å². The number of hydrogen-bond donors (Lipinski definition) is 1. The Balaban J connectivity index is 2.17. The summed E-state index contributed by atoms with van der Waals surface area (Å²) in [4.78, 5) is 1.14. The maximum absolute atomic E-state index is 5.96. The lowest BCUT2D eigenvalue weighted by Gasteiger charge is -2.16. The van der Waals surface area contributed by atoms with Crippen LogP contribution in [0.25, 0.3) is 0 Å². The molecule has 0 aliphatic carbocycles. The van der Waals surface area contributed by atoms with Crippen LogP contribution in [0.3, 0.4) is 0 Å². The summed E-state index contributed by atoms with van der Waals surface area (Å²) in [6, 6.07) is 8.18. The minimum absolute atomic E-state index is 0.0802. The predicted octanol–water partition coefficient (Wildman–Crippen LogP) is 4.21. The molecule has 0 fully saturated rings. The van der Waals surface area contributed by atoms with E-state index >= 15 is 0 Å². The molecule has 0 radical (unpaired) electrons. The van der Waals surface area contributed by atoms with Gasteiger partial charge in [0.15, 0.2) is 0 Å². The van der Waals surface area contributed by atoms with E-state index in [-0.39, 0.29) is 6.10 Å². The van der Waals surface area contributed by atoms with Gasteiger partial charge in [-0.25, -0.2) is 0 Å². The first-order valence-electron chi connectivity index (χ1n) is 5.78. The summed E-state index contributed by atoms with van der Waals surface area (Å²) in [6.07, 6.45) is -0.0802. The van der Waals surface area contributed by atoms with Crippen LogP contribution in [0.2, 0.25) is 0 Å². The second kappa shape index (κ2) is 5.87. The summed E-state index contributed by atoms with van der Waals surface area (Å²) in [7, 11) is 0. The van der Waals surface area contributed by atoms with Crippen LogP contribution in [0.4, 0.5) is 0 Å². The highest BCUT2D eigenvalue weighted by Gasteiger charge is 2.14. The number of aryl methyl sites for hydroxylation is 2. The molecule has 1 aromatic heterocycles. The molecule has 1 heterocycles. The SMILES string of the molecule is Cc1ccc(OC(CN)c2cc(Br)cs2)cc1C. The Morgan fingerprint density at radius 2 is 2.06 bits per heavy atom. The Kier molecular flexibility index (Phi) is 4.43. The Hall–Kier alpha value is -0.840. The largest absolute Gasteiger partial charge is 0.484 e. The number of hydrogen-bond acceptors (Lipinski definition) is 3. The van der Waals surface area contributed by atoms with Crippen molar-refractivity contribution in [2.75, 3.05) is 6.54 Å². The summed E-state index contributed by atoms with van der Waals surface area (Å²) in [6.45, 7) is 4.65. The third-order valence-corrected chi connectivity index (χ3v) is 4.66. The molecular weight excluding hydrogens is 310 g/mol. The van der Waals surface area contributed by atoms with Crippen LogP contribution in [0.1, 0.15) is 22.1 Å². The maximum atomic E-state index is 5.96. The van der Waals surface area contributed by atoms with Gasteiger partial charge >= 0.3 is 0 Å². The van der Waals surface area contributed by atoms with Gasteiger partial charge in [-0.15, -0.1) is 11.3 Å². The molecule has 0 aliphatic heterocycles. The smallest absolute Gasteiger partial charge is 0.145 e. The molecule has 2 nitrogen and oxygen atoms in total. The van der Waals surface area contributed by atoms with E-state index in [4.69, 9.17) is 10.5 Å². The zero-order valence-electron chi connectivity index (χ0n) is 10.4. The molecule has 4 heteroatoms. The topological polar surface area (TPSA) is 35.2 Å². The van der Waals surface area contributed by atoms with Crippen LogP contribution < -0.4 is 10.5 Å². The first kappa shape index (κ1) is 13.6. The first-order valence-corrected chi connectivity index (χ1v) is 7.45. The van der Waals surface area contributed by atoms with Crippen LogP contribution in [-0.2, 0) is 0 Å². The van der Waals surface area contributed by atoms with E-state index in [0.717, 1.165) is 15.1 Å². The van der Waals surface area contributed by atoms with Crippen LogP contribution in [0, 0.1) is 13.8 Å². The molecule has 2 aromatic rings. The van der Waals surface area contributed by atoms with Crippen molar-refractivity contribution in [2.45, 2.75) is 20.0 Å². The maximum Gasteiger partial charge on any atom is 0.145 e. The van der Waals surface area contributed by atoms with E-state index in [1.807, 2.05) is 11.4 Å². The second-order valence-electron chi connectivity index (χ2n) is 4.26. The molecule has 18 heavy (non-hydrogen) atoms. The molecule has 2 N–H and O–H groups in total. The van der Waals surface area contributed by atoms with Crippen molar-refractivity contribution in [3.8, 4) is 5.75 Å². The van der Waals surface area contributed by atoms with Crippen LogP contribution in [0.15, 0.2) is 34.1 Å². The number of rotatable bonds is 4. The van der Waals surface area contributed by atoms with Gasteiger partial charge in [-0.2, -0.15) is 0 Å². The Morgan fingerprint density at radius 1 is 1.28 bits per heavy atom. The number of thiophene rings is 1. The first-order chi connectivity index (χ1) is 8.60.